The second-order valence-corrected chi connectivity index (χ2v) is 5.24. The van der Waals surface area contributed by atoms with Gasteiger partial charge < -0.3 is 9.47 Å². The van der Waals surface area contributed by atoms with Crippen LogP contribution in [0.25, 0.3) is 0 Å². The fraction of sp³-hybridized carbons (Fsp3) is 0.333. The first-order valence-corrected chi connectivity index (χ1v) is 7.65. The van der Waals surface area contributed by atoms with Gasteiger partial charge in [-0.25, -0.2) is 19.6 Å². The van der Waals surface area contributed by atoms with Crippen molar-refractivity contribution in [3.05, 3.63) is 48.6 Å². The summed E-state index contributed by atoms with van der Waals surface area (Å²) in [4.78, 5) is 24.4. The number of cyclic esters (lactones) is 1. The van der Waals surface area contributed by atoms with E-state index in [0.29, 0.717) is 12.8 Å². The normalized spacial score (nSPS) is 16.2. The van der Waals surface area contributed by atoms with Crippen molar-refractivity contribution in [2.45, 2.75) is 25.5 Å². The first-order valence-electron chi connectivity index (χ1n) is 7.65. The Balaban J connectivity index is 2.06. The lowest BCUT2D eigenvalue weighted by molar-refractivity contribution is -0.00185. The average Bonchev–Trinajstić information content (AvgIpc) is 2.97. The summed E-state index contributed by atoms with van der Waals surface area (Å²) < 4.78 is 10.3. The zero-order chi connectivity index (χ0) is 17.4. The molecule has 6 heteroatoms. The van der Waals surface area contributed by atoms with E-state index in [0.717, 1.165) is 10.6 Å². The molecule has 1 fully saturated rings. The molecule has 1 aromatic rings. The number of ether oxygens (including phenoxy) is 2. The van der Waals surface area contributed by atoms with Crippen LogP contribution in [0.2, 0.25) is 0 Å². The van der Waals surface area contributed by atoms with Crippen LogP contribution < -0.4 is 0 Å². The molecular weight excluding hydrogens is 308 g/mol. The summed E-state index contributed by atoms with van der Waals surface area (Å²) in [5.74, 6) is 2.38. The molecule has 1 aliphatic rings. The molecule has 6 nitrogen and oxygen atoms in total. The smallest absolute Gasteiger partial charge is 0.430 e. The Morgan fingerprint density at radius 2 is 2.25 bits per heavy atom. The van der Waals surface area contributed by atoms with Gasteiger partial charge in [0.15, 0.2) is 0 Å². The molecule has 0 saturated carbocycles. The van der Waals surface area contributed by atoms with Crippen LogP contribution in [0.1, 0.15) is 18.4 Å². The van der Waals surface area contributed by atoms with Crippen LogP contribution in [0, 0.1) is 12.3 Å². The van der Waals surface area contributed by atoms with Gasteiger partial charge >= 0.3 is 12.2 Å². The molecule has 1 saturated heterocycles. The molecule has 0 aromatic heterocycles. The van der Waals surface area contributed by atoms with Gasteiger partial charge in [0.1, 0.15) is 19.8 Å². The second kappa shape index (κ2) is 8.63. The van der Waals surface area contributed by atoms with Crippen LogP contribution in [-0.2, 0) is 16.1 Å². The van der Waals surface area contributed by atoms with E-state index in [1.54, 1.807) is 6.08 Å². The second-order valence-electron chi connectivity index (χ2n) is 5.24. The summed E-state index contributed by atoms with van der Waals surface area (Å²) >= 11 is 0. The van der Waals surface area contributed by atoms with Gasteiger partial charge in [0.05, 0.1) is 6.04 Å². The summed E-state index contributed by atoms with van der Waals surface area (Å²) in [6, 6.07) is 9.00. The van der Waals surface area contributed by atoms with Gasteiger partial charge in [-0.2, -0.15) is 0 Å². The fourth-order valence-electron chi connectivity index (χ4n) is 2.37. The number of benzene rings is 1. The van der Waals surface area contributed by atoms with Crippen molar-refractivity contribution >= 4 is 12.2 Å². The molecule has 0 N–H and O–H groups in total. The van der Waals surface area contributed by atoms with Crippen molar-refractivity contribution in [1.29, 1.82) is 0 Å². The molecule has 24 heavy (non-hydrogen) atoms. The molecule has 2 amide bonds. The fourth-order valence-corrected chi connectivity index (χ4v) is 2.37. The Bertz CT molecular complexity index is 624. The van der Waals surface area contributed by atoms with Crippen molar-refractivity contribution in [3.63, 3.8) is 0 Å². The van der Waals surface area contributed by atoms with Crippen molar-refractivity contribution < 1.29 is 19.1 Å². The maximum absolute atomic E-state index is 12.4. The van der Waals surface area contributed by atoms with Gasteiger partial charge in [-0.05, 0) is 18.4 Å². The number of allylic oxidation sites excluding steroid dienone is 1. The zero-order valence-electron chi connectivity index (χ0n) is 13.4. The third kappa shape index (κ3) is 4.29. The molecule has 0 spiro atoms. The maximum atomic E-state index is 12.4. The number of terminal acetylenes is 1. The molecule has 1 aromatic carbocycles. The van der Waals surface area contributed by atoms with E-state index in [1.807, 2.05) is 30.3 Å². The first kappa shape index (κ1) is 17.4. The van der Waals surface area contributed by atoms with Crippen LogP contribution in [0.5, 0.6) is 0 Å². The van der Waals surface area contributed by atoms with Crippen LogP contribution in [0.15, 0.2) is 43.0 Å². The van der Waals surface area contributed by atoms with Gasteiger partial charge in [0.2, 0.25) is 0 Å². The Labute approximate surface area is 141 Å². The summed E-state index contributed by atoms with van der Waals surface area (Å²) in [5, 5.41) is 2.36. The highest BCUT2D eigenvalue weighted by molar-refractivity contribution is 5.76. The van der Waals surface area contributed by atoms with E-state index in [4.69, 9.17) is 15.9 Å². The number of carbonyl (C=O) groups is 2. The molecule has 2 rings (SSSR count). The number of carbonyl (C=O) groups excluding carboxylic acids is 2. The topological polar surface area (TPSA) is 59.1 Å². The Morgan fingerprint density at radius 3 is 2.92 bits per heavy atom. The maximum Gasteiger partial charge on any atom is 0.430 e. The van der Waals surface area contributed by atoms with Gasteiger partial charge in [0.25, 0.3) is 0 Å². The lowest BCUT2D eigenvalue weighted by Crippen LogP contribution is -2.51. The molecule has 1 atom stereocenters. The summed E-state index contributed by atoms with van der Waals surface area (Å²) in [5.41, 5.74) is 0.846. The van der Waals surface area contributed by atoms with E-state index in [1.165, 1.54) is 5.01 Å². The predicted molar refractivity (Wildman–Crippen MR) is 88.6 cm³/mol. The Kier molecular flexibility index (Phi) is 6.26. The molecule has 0 radical (unpaired) electrons. The molecule has 0 bridgehead atoms. The number of nitrogens with zero attached hydrogens (tertiary/aromatic N) is 2. The minimum Gasteiger partial charge on any atom is -0.446 e. The quantitative estimate of drug-likeness (QED) is 0.570. The van der Waals surface area contributed by atoms with Crippen LogP contribution in [0.3, 0.4) is 0 Å². The van der Waals surface area contributed by atoms with E-state index in [2.05, 4.69) is 12.5 Å². The zero-order valence-corrected chi connectivity index (χ0v) is 13.4. The first-order chi connectivity index (χ1) is 11.7. The molecule has 1 heterocycles. The predicted octanol–water partition coefficient (Wildman–Crippen LogP) is 2.96. The highest BCUT2D eigenvalue weighted by atomic mass is 16.6. The van der Waals surface area contributed by atoms with E-state index in [-0.39, 0.29) is 25.8 Å². The standard InChI is InChI=1S/C18H20N2O4/c1-3-5-11-16-14-24-18(22)20(16)19(12-4-2)17(21)23-13-15-9-7-6-8-10-15/h2-3,6-10,16H,1,5,11-14H2/t16-/m1/s1. The third-order valence-corrected chi connectivity index (χ3v) is 3.55. The van der Waals surface area contributed by atoms with Gasteiger partial charge in [-0.1, -0.05) is 42.3 Å². The summed E-state index contributed by atoms with van der Waals surface area (Å²) in [7, 11) is 0. The number of hydrogen-bond donors (Lipinski definition) is 0. The van der Waals surface area contributed by atoms with Gasteiger partial charge in [0, 0.05) is 0 Å². The SMILES string of the molecule is C#CCN(C(=O)OCc1ccccc1)N1C(=O)OC[C@H]1CCC=C. The summed E-state index contributed by atoms with van der Waals surface area (Å²) in [6.07, 6.45) is 7.13. The molecule has 0 aliphatic carbocycles. The van der Waals surface area contributed by atoms with Gasteiger partial charge in [-0.3, -0.25) is 0 Å². The summed E-state index contributed by atoms with van der Waals surface area (Å²) in [6.45, 7) is 3.89. The van der Waals surface area contributed by atoms with Gasteiger partial charge in [-0.15, -0.1) is 13.0 Å². The van der Waals surface area contributed by atoms with Crippen molar-refractivity contribution in [3.8, 4) is 12.3 Å². The van der Waals surface area contributed by atoms with E-state index < -0.39 is 12.2 Å². The molecule has 126 valence electrons. The van der Waals surface area contributed by atoms with E-state index >= 15 is 0 Å². The minimum atomic E-state index is -0.681. The average molecular weight is 328 g/mol. The number of hydrazine groups is 1. The number of hydrogen-bond acceptors (Lipinski definition) is 4. The highest BCUT2D eigenvalue weighted by Crippen LogP contribution is 2.20. The lowest BCUT2D eigenvalue weighted by Gasteiger charge is -2.31. The van der Waals surface area contributed by atoms with Crippen LogP contribution >= 0.6 is 0 Å². The highest BCUT2D eigenvalue weighted by Gasteiger charge is 2.39. The van der Waals surface area contributed by atoms with Crippen molar-refractivity contribution in [2.75, 3.05) is 13.2 Å². The Morgan fingerprint density at radius 1 is 1.50 bits per heavy atom. The minimum absolute atomic E-state index is 0.0761. The van der Waals surface area contributed by atoms with E-state index in [9.17, 15) is 9.59 Å². The molecular formula is C18H20N2O4. The third-order valence-electron chi connectivity index (χ3n) is 3.55. The number of amides is 2. The largest absolute Gasteiger partial charge is 0.446 e. The van der Waals surface area contributed by atoms with Crippen molar-refractivity contribution in [2.24, 2.45) is 0 Å². The number of rotatable bonds is 7. The van der Waals surface area contributed by atoms with Crippen LogP contribution in [-0.4, -0.2) is 41.4 Å². The monoisotopic (exact) mass is 328 g/mol. The molecule has 0 unspecified atom stereocenters. The van der Waals surface area contributed by atoms with Crippen molar-refractivity contribution in [1.82, 2.24) is 10.0 Å². The lowest BCUT2D eigenvalue weighted by atomic mass is 10.2. The van der Waals surface area contributed by atoms with Crippen LogP contribution in [0.4, 0.5) is 9.59 Å². The Hall–Kier alpha value is -2.94. The molecule has 1 aliphatic heterocycles.